The van der Waals surface area contributed by atoms with E-state index in [0.717, 1.165) is 69.0 Å². The minimum atomic E-state index is -0.905. The molecule has 2 fully saturated rings. The highest BCUT2D eigenvalue weighted by Gasteiger charge is 2.47. The van der Waals surface area contributed by atoms with Crippen LogP contribution in [0.5, 0.6) is 0 Å². The molecule has 5 heterocycles. The van der Waals surface area contributed by atoms with Crippen molar-refractivity contribution in [2.24, 2.45) is 11.1 Å². The molecule has 0 radical (unpaired) electrons. The predicted octanol–water partition coefficient (Wildman–Crippen LogP) is 2.47. The number of carbonyl (C=O) groups is 1. The lowest BCUT2D eigenvalue weighted by Crippen LogP contribution is -2.50. The van der Waals surface area contributed by atoms with E-state index in [1.165, 1.54) is 0 Å². The molecule has 2 atom stereocenters. The SMILES string of the molecule is C[C@@H]1OCC2(CCN(c3cnc4c(N5CCCc6c(C(=O)O)cccc65)n[nH]c4n3)CC2)[C@@H]1N. The van der Waals surface area contributed by atoms with Gasteiger partial charge in [-0.2, -0.15) is 5.10 Å². The molecule has 0 bridgehead atoms. The van der Waals surface area contributed by atoms with Crippen molar-refractivity contribution in [2.45, 2.75) is 44.8 Å². The number of aromatic carboxylic acids is 1. The van der Waals surface area contributed by atoms with Gasteiger partial charge in [-0.05, 0) is 50.3 Å². The van der Waals surface area contributed by atoms with E-state index >= 15 is 0 Å². The number of hydrogen-bond acceptors (Lipinski definition) is 8. The summed E-state index contributed by atoms with van der Waals surface area (Å²) in [5.74, 6) is 0.599. The van der Waals surface area contributed by atoms with Gasteiger partial charge in [-0.1, -0.05) is 6.07 Å². The molecule has 0 aliphatic carbocycles. The first-order chi connectivity index (χ1) is 16.5. The summed E-state index contributed by atoms with van der Waals surface area (Å²) >= 11 is 0. The molecule has 3 aliphatic heterocycles. The Morgan fingerprint density at radius 2 is 2.12 bits per heavy atom. The first kappa shape index (κ1) is 21.3. The predicted molar refractivity (Wildman–Crippen MR) is 128 cm³/mol. The molecular formula is C24H29N7O3. The number of hydrogen-bond donors (Lipinski definition) is 3. The van der Waals surface area contributed by atoms with E-state index in [1.807, 2.05) is 17.2 Å². The lowest BCUT2D eigenvalue weighted by molar-refractivity contribution is 0.0695. The number of ether oxygens (including phenoxy) is 1. The Labute approximate surface area is 197 Å². The van der Waals surface area contributed by atoms with Gasteiger partial charge in [-0.25, -0.2) is 14.8 Å². The molecule has 10 nitrogen and oxygen atoms in total. The Morgan fingerprint density at radius 1 is 1.29 bits per heavy atom. The van der Waals surface area contributed by atoms with Gasteiger partial charge in [-0.15, -0.1) is 0 Å². The molecule has 0 amide bonds. The average Bonchev–Trinajstić information content (AvgIpc) is 3.40. The van der Waals surface area contributed by atoms with E-state index in [4.69, 9.17) is 20.4 Å². The second-order valence-corrected chi connectivity index (χ2v) is 9.73. The van der Waals surface area contributed by atoms with Crippen molar-refractivity contribution in [1.29, 1.82) is 0 Å². The first-order valence-electron chi connectivity index (χ1n) is 11.9. The van der Waals surface area contributed by atoms with Crippen molar-refractivity contribution >= 4 is 34.5 Å². The van der Waals surface area contributed by atoms with Crippen LogP contribution in [0.4, 0.5) is 17.3 Å². The third-order valence-corrected chi connectivity index (χ3v) is 7.91. The van der Waals surface area contributed by atoms with Gasteiger partial charge in [0.15, 0.2) is 17.0 Å². The number of nitrogens with one attached hydrogen (secondary N) is 1. The molecular weight excluding hydrogens is 434 g/mol. The number of anilines is 3. The second kappa shape index (κ2) is 7.92. The molecule has 10 heteroatoms. The van der Waals surface area contributed by atoms with E-state index < -0.39 is 5.97 Å². The normalized spacial score (nSPS) is 24.1. The third kappa shape index (κ3) is 3.24. The molecule has 3 aromatic rings. The minimum Gasteiger partial charge on any atom is -0.478 e. The van der Waals surface area contributed by atoms with Gasteiger partial charge in [0.2, 0.25) is 0 Å². The molecule has 3 aliphatic rings. The number of fused-ring (bicyclic) bond motifs is 2. The molecule has 4 N–H and O–H groups in total. The molecule has 178 valence electrons. The zero-order valence-corrected chi connectivity index (χ0v) is 19.2. The third-order valence-electron chi connectivity index (χ3n) is 7.91. The number of aromatic amines is 1. The maximum Gasteiger partial charge on any atom is 0.336 e. The maximum atomic E-state index is 11.7. The summed E-state index contributed by atoms with van der Waals surface area (Å²) in [6.45, 7) is 5.27. The molecule has 0 unspecified atom stereocenters. The summed E-state index contributed by atoms with van der Waals surface area (Å²) in [5, 5.41) is 17.2. The maximum absolute atomic E-state index is 11.7. The number of benzene rings is 1. The zero-order valence-electron chi connectivity index (χ0n) is 19.2. The number of aromatic nitrogens is 4. The minimum absolute atomic E-state index is 0.0606. The van der Waals surface area contributed by atoms with Gasteiger partial charge in [0.1, 0.15) is 5.82 Å². The molecule has 6 rings (SSSR count). The Morgan fingerprint density at radius 3 is 2.85 bits per heavy atom. The van der Waals surface area contributed by atoms with E-state index in [2.05, 4.69) is 22.0 Å². The highest BCUT2D eigenvalue weighted by atomic mass is 16.5. The monoisotopic (exact) mass is 463 g/mol. The van der Waals surface area contributed by atoms with E-state index in [0.29, 0.717) is 22.5 Å². The van der Waals surface area contributed by atoms with Crippen LogP contribution in [-0.4, -0.2) is 69.6 Å². The van der Waals surface area contributed by atoms with Gasteiger partial charge < -0.3 is 25.4 Å². The van der Waals surface area contributed by atoms with Crippen LogP contribution in [0, 0.1) is 5.41 Å². The quantitative estimate of drug-likeness (QED) is 0.535. The Hall–Kier alpha value is -3.24. The van der Waals surface area contributed by atoms with Gasteiger partial charge in [0.25, 0.3) is 0 Å². The number of H-pyrrole nitrogens is 1. The summed E-state index contributed by atoms with van der Waals surface area (Å²) in [6.07, 6.45) is 5.45. The Balaban J connectivity index is 1.27. The summed E-state index contributed by atoms with van der Waals surface area (Å²) in [6, 6.07) is 5.47. The Kier molecular flexibility index (Phi) is 4.96. The average molecular weight is 464 g/mol. The van der Waals surface area contributed by atoms with Crippen molar-refractivity contribution in [3.8, 4) is 0 Å². The highest BCUT2D eigenvalue weighted by molar-refractivity contribution is 5.94. The highest BCUT2D eigenvalue weighted by Crippen LogP contribution is 2.42. The fourth-order valence-electron chi connectivity index (χ4n) is 5.82. The number of piperidine rings is 1. The van der Waals surface area contributed by atoms with Crippen LogP contribution < -0.4 is 15.5 Å². The topological polar surface area (TPSA) is 133 Å². The van der Waals surface area contributed by atoms with Crippen LogP contribution in [0.15, 0.2) is 24.4 Å². The molecule has 1 spiro atoms. The van der Waals surface area contributed by atoms with Crippen LogP contribution in [0.3, 0.4) is 0 Å². The largest absolute Gasteiger partial charge is 0.478 e. The van der Waals surface area contributed by atoms with E-state index in [9.17, 15) is 9.90 Å². The van der Waals surface area contributed by atoms with Crippen LogP contribution >= 0.6 is 0 Å². The molecule has 1 aromatic carbocycles. The van der Waals surface area contributed by atoms with Crippen molar-refractivity contribution in [3.05, 3.63) is 35.5 Å². The number of nitrogens with zero attached hydrogens (tertiary/aromatic N) is 5. The fraction of sp³-hybridized carbons (Fsp3) is 0.500. The number of rotatable bonds is 3. The lowest BCUT2D eigenvalue weighted by atomic mass is 9.73. The first-order valence-corrected chi connectivity index (χ1v) is 11.9. The molecule has 34 heavy (non-hydrogen) atoms. The number of nitrogens with two attached hydrogens (primary N) is 1. The summed E-state index contributed by atoms with van der Waals surface area (Å²) in [5.41, 5.74) is 9.89. The summed E-state index contributed by atoms with van der Waals surface area (Å²) in [4.78, 5) is 25.6. The van der Waals surface area contributed by atoms with Crippen LogP contribution in [0.1, 0.15) is 42.1 Å². The van der Waals surface area contributed by atoms with Gasteiger partial charge in [-0.3, -0.25) is 5.10 Å². The van der Waals surface area contributed by atoms with Crippen LogP contribution in [0.25, 0.3) is 11.2 Å². The molecule has 0 saturated carbocycles. The summed E-state index contributed by atoms with van der Waals surface area (Å²) < 4.78 is 5.84. The summed E-state index contributed by atoms with van der Waals surface area (Å²) in [7, 11) is 0. The number of carboxylic acid groups (broad SMARTS) is 1. The van der Waals surface area contributed by atoms with Crippen molar-refractivity contribution in [2.75, 3.05) is 36.0 Å². The van der Waals surface area contributed by atoms with Gasteiger partial charge in [0, 0.05) is 36.8 Å². The zero-order chi connectivity index (χ0) is 23.4. The van der Waals surface area contributed by atoms with Gasteiger partial charge >= 0.3 is 5.97 Å². The van der Waals surface area contributed by atoms with Crippen molar-refractivity contribution in [1.82, 2.24) is 20.2 Å². The van der Waals surface area contributed by atoms with Crippen LogP contribution in [0.2, 0.25) is 0 Å². The standard InChI is InChI=1S/C24H29N7O3/c1-14-20(25)24(13-34-14)7-10-30(11-8-24)18-12-26-19-21(27-18)28-29-22(19)31-9-3-5-15-16(23(32)33)4-2-6-17(15)31/h2,4,6,12,14,20H,3,5,7-11,13,25H2,1H3,(H,32,33)(H,27,28,29)/t14-,20+/m0/s1. The van der Waals surface area contributed by atoms with Crippen molar-refractivity contribution < 1.29 is 14.6 Å². The van der Waals surface area contributed by atoms with Crippen LogP contribution in [-0.2, 0) is 11.2 Å². The molecule has 2 aromatic heterocycles. The van der Waals surface area contributed by atoms with Gasteiger partial charge in [0.05, 0.1) is 24.5 Å². The smallest absolute Gasteiger partial charge is 0.336 e. The molecule has 2 saturated heterocycles. The van der Waals surface area contributed by atoms with Crippen molar-refractivity contribution in [3.63, 3.8) is 0 Å². The van der Waals surface area contributed by atoms with E-state index in [1.54, 1.807) is 12.1 Å². The number of carboxylic acids is 1. The fourth-order valence-corrected chi connectivity index (χ4v) is 5.82. The lowest BCUT2D eigenvalue weighted by Gasteiger charge is -2.41. The second-order valence-electron chi connectivity index (χ2n) is 9.73. The van der Waals surface area contributed by atoms with E-state index in [-0.39, 0.29) is 17.6 Å². The Bertz CT molecular complexity index is 1250.